The molecule has 2 rings (SSSR count). The zero-order valence-electron chi connectivity index (χ0n) is 7.85. The first-order chi connectivity index (χ1) is 6.70. The van der Waals surface area contributed by atoms with Crippen molar-refractivity contribution >= 4 is 22.3 Å². The summed E-state index contributed by atoms with van der Waals surface area (Å²) >= 11 is 1.44. The molecule has 0 spiro atoms. The number of carbonyl (C=O) groups is 1. The number of rotatable bonds is 2. The Balaban J connectivity index is 2.36. The lowest BCUT2D eigenvalue weighted by Crippen LogP contribution is -2.04. The molecule has 0 unspecified atom stereocenters. The quantitative estimate of drug-likeness (QED) is 0.702. The number of carbonyl (C=O) groups excluding carboxylic acids is 1. The van der Waals surface area contributed by atoms with Crippen LogP contribution in [0.15, 0.2) is 6.20 Å². The van der Waals surface area contributed by atoms with Crippen molar-refractivity contribution in [2.45, 2.75) is 13.8 Å². The maximum atomic E-state index is 11.3. The van der Waals surface area contributed by atoms with Crippen LogP contribution in [-0.2, 0) is 4.74 Å². The summed E-state index contributed by atoms with van der Waals surface area (Å²) in [5.41, 5.74) is 0.311. The van der Waals surface area contributed by atoms with Gasteiger partial charge in [-0.15, -0.1) is 0 Å². The monoisotopic (exact) mass is 211 g/mol. The van der Waals surface area contributed by atoms with Gasteiger partial charge in [0.2, 0.25) is 4.96 Å². The molecular weight excluding hydrogens is 202 g/mol. The Morgan fingerprint density at radius 3 is 3.14 bits per heavy atom. The minimum absolute atomic E-state index is 0.311. The second-order valence-corrected chi connectivity index (χ2v) is 3.85. The second-order valence-electron chi connectivity index (χ2n) is 2.69. The Kier molecular flexibility index (Phi) is 2.20. The number of imidazole rings is 1. The van der Waals surface area contributed by atoms with E-state index in [1.165, 1.54) is 11.3 Å². The number of nitrogens with zero attached hydrogens (tertiary/aromatic N) is 3. The lowest BCUT2D eigenvalue weighted by Gasteiger charge is -1.95. The van der Waals surface area contributed by atoms with Gasteiger partial charge in [-0.05, 0) is 13.8 Å². The standard InChI is InChI=1S/C8H9N3O2S/c1-3-13-7(12)6-4-11-8(9-6)14-5(2)10-11/h4H,3H2,1-2H3. The summed E-state index contributed by atoms with van der Waals surface area (Å²) in [7, 11) is 0. The summed E-state index contributed by atoms with van der Waals surface area (Å²) in [5, 5.41) is 5.06. The molecule has 0 aliphatic carbocycles. The molecule has 0 amide bonds. The lowest BCUT2D eigenvalue weighted by molar-refractivity contribution is 0.0520. The first-order valence-electron chi connectivity index (χ1n) is 4.20. The minimum Gasteiger partial charge on any atom is -0.461 e. The summed E-state index contributed by atoms with van der Waals surface area (Å²) in [6.45, 7) is 4.01. The van der Waals surface area contributed by atoms with Gasteiger partial charge in [0.05, 0.1) is 12.8 Å². The second kappa shape index (κ2) is 3.38. The van der Waals surface area contributed by atoms with Crippen LogP contribution in [0.5, 0.6) is 0 Å². The normalized spacial score (nSPS) is 10.7. The Morgan fingerprint density at radius 2 is 2.50 bits per heavy atom. The van der Waals surface area contributed by atoms with Crippen LogP contribution >= 0.6 is 11.3 Å². The molecule has 0 aromatic carbocycles. The van der Waals surface area contributed by atoms with E-state index >= 15 is 0 Å². The highest BCUT2D eigenvalue weighted by Gasteiger charge is 2.13. The van der Waals surface area contributed by atoms with Crippen molar-refractivity contribution in [1.29, 1.82) is 0 Å². The number of aromatic nitrogens is 3. The van der Waals surface area contributed by atoms with Crippen molar-refractivity contribution in [3.8, 4) is 0 Å². The van der Waals surface area contributed by atoms with Gasteiger partial charge < -0.3 is 4.74 Å². The lowest BCUT2D eigenvalue weighted by atomic mass is 10.5. The fourth-order valence-corrected chi connectivity index (χ4v) is 1.83. The zero-order valence-corrected chi connectivity index (χ0v) is 8.67. The predicted octanol–water partition coefficient (Wildman–Crippen LogP) is 1.28. The van der Waals surface area contributed by atoms with E-state index in [0.29, 0.717) is 17.3 Å². The van der Waals surface area contributed by atoms with Crippen molar-refractivity contribution in [2.75, 3.05) is 6.61 Å². The first-order valence-corrected chi connectivity index (χ1v) is 5.02. The molecular formula is C8H9N3O2S. The number of ether oxygens (including phenoxy) is 1. The van der Waals surface area contributed by atoms with E-state index < -0.39 is 5.97 Å². The van der Waals surface area contributed by atoms with Crippen LogP contribution in [0, 0.1) is 6.92 Å². The molecule has 2 heterocycles. The van der Waals surface area contributed by atoms with E-state index in [0.717, 1.165) is 5.01 Å². The number of esters is 1. The van der Waals surface area contributed by atoms with Gasteiger partial charge in [-0.3, -0.25) is 0 Å². The van der Waals surface area contributed by atoms with E-state index in [1.54, 1.807) is 17.6 Å². The molecule has 6 heteroatoms. The number of hydrogen-bond donors (Lipinski definition) is 0. The molecule has 5 nitrogen and oxygen atoms in total. The highest BCUT2D eigenvalue weighted by Crippen LogP contribution is 2.13. The van der Waals surface area contributed by atoms with E-state index in [4.69, 9.17) is 4.74 Å². The molecule has 0 saturated carbocycles. The highest BCUT2D eigenvalue weighted by atomic mass is 32.1. The molecule has 0 radical (unpaired) electrons. The average molecular weight is 211 g/mol. The Morgan fingerprint density at radius 1 is 1.71 bits per heavy atom. The summed E-state index contributed by atoms with van der Waals surface area (Å²) < 4.78 is 6.41. The van der Waals surface area contributed by atoms with Gasteiger partial charge in [0.15, 0.2) is 5.69 Å². The highest BCUT2D eigenvalue weighted by molar-refractivity contribution is 7.16. The topological polar surface area (TPSA) is 56.5 Å². The molecule has 0 aliphatic rings. The van der Waals surface area contributed by atoms with Gasteiger partial charge in [0.25, 0.3) is 0 Å². The molecule has 0 aliphatic heterocycles. The van der Waals surface area contributed by atoms with Crippen LogP contribution in [0.25, 0.3) is 4.96 Å². The van der Waals surface area contributed by atoms with Gasteiger partial charge in [-0.2, -0.15) is 5.10 Å². The van der Waals surface area contributed by atoms with Gasteiger partial charge >= 0.3 is 5.97 Å². The first kappa shape index (κ1) is 9.14. The molecule has 0 bridgehead atoms. The fourth-order valence-electron chi connectivity index (χ4n) is 1.10. The van der Waals surface area contributed by atoms with Crippen LogP contribution < -0.4 is 0 Å². The van der Waals surface area contributed by atoms with E-state index in [-0.39, 0.29) is 0 Å². The Bertz CT molecular complexity index is 442. The van der Waals surface area contributed by atoms with E-state index in [1.807, 2.05) is 6.92 Å². The van der Waals surface area contributed by atoms with Crippen LogP contribution in [0.4, 0.5) is 0 Å². The zero-order chi connectivity index (χ0) is 10.1. The SMILES string of the molecule is CCOC(=O)c1cn2nc(C)sc2n1. The summed E-state index contributed by atoms with van der Waals surface area (Å²) in [4.78, 5) is 16.1. The van der Waals surface area contributed by atoms with Crippen molar-refractivity contribution in [2.24, 2.45) is 0 Å². The molecule has 2 aromatic rings. The van der Waals surface area contributed by atoms with Crippen molar-refractivity contribution in [3.05, 3.63) is 16.9 Å². The summed E-state index contributed by atoms with van der Waals surface area (Å²) in [6, 6.07) is 0. The van der Waals surface area contributed by atoms with Gasteiger partial charge in [0.1, 0.15) is 5.01 Å². The molecule has 2 aromatic heterocycles. The maximum Gasteiger partial charge on any atom is 0.358 e. The molecule has 0 fully saturated rings. The van der Waals surface area contributed by atoms with Crippen molar-refractivity contribution in [3.63, 3.8) is 0 Å². The van der Waals surface area contributed by atoms with Gasteiger partial charge in [-0.1, -0.05) is 11.3 Å². The van der Waals surface area contributed by atoms with Crippen LogP contribution in [-0.4, -0.2) is 27.2 Å². The Labute approximate surface area is 84.3 Å². The minimum atomic E-state index is -0.400. The molecule has 14 heavy (non-hydrogen) atoms. The third kappa shape index (κ3) is 1.48. The average Bonchev–Trinajstić information content (AvgIpc) is 2.61. The molecule has 0 N–H and O–H groups in total. The summed E-state index contributed by atoms with van der Waals surface area (Å²) in [6.07, 6.45) is 1.58. The summed E-state index contributed by atoms with van der Waals surface area (Å²) in [5.74, 6) is -0.400. The number of hydrogen-bond acceptors (Lipinski definition) is 5. The van der Waals surface area contributed by atoms with E-state index in [2.05, 4.69) is 10.1 Å². The molecule has 0 atom stereocenters. The smallest absolute Gasteiger partial charge is 0.358 e. The van der Waals surface area contributed by atoms with Gasteiger partial charge in [-0.25, -0.2) is 14.3 Å². The van der Waals surface area contributed by atoms with Crippen LogP contribution in [0.1, 0.15) is 22.4 Å². The third-order valence-electron chi connectivity index (χ3n) is 1.63. The predicted molar refractivity (Wildman–Crippen MR) is 51.6 cm³/mol. The molecule has 0 saturated heterocycles. The Hall–Kier alpha value is -1.43. The largest absolute Gasteiger partial charge is 0.461 e. The van der Waals surface area contributed by atoms with Crippen LogP contribution in [0.2, 0.25) is 0 Å². The van der Waals surface area contributed by atoms with Crippen LogP contribution in [0.3, 0.4) is 0 Å². The fraction of sp³-hybridized carbons (Fsp3) is 0.375. The third-order valence-corrected chi connectivity index (χ3v) is 2.47. The maximum absolute atomic E-state index is 11.3. The number of fused-ring (bicyclic) bond motifs is 1. The van der Waals surface area contributed by atoms with E-state index in [9.17, 15) is 4.79 Å². The van der Waals surface area contributed by atoms with Crippen molar-refractivity contribution in [1.82, 2.24) is 14.6 Å². The molecule has 74 valence electrons. The number of aryl methyl sites for hydroxylation is 1. The van der Waals surface area contributed by atoms with Crippen molar-refractivity contribution < 1.29 is 9.53 Å². The van der Waals surface area contributed by atoms with Gasteiger partial charge in [0, 0.05) is 0 Å².